The van der Waals surface area contributed by atoms with Crippen molar-refractivity contribution in [2.75, 3.05) is 7.05 Å². The molecule has 7 nitrogen and oxygen atoms in total. The van der Waals surface area contributed by atoms with Crippen LogP contribution >= 0.6 is 23.2 Å². The highest BCUT2D eigenvalue weighted by molar-refractivity contribution is 7.90. The minimum Gasteiger partial charge on any atom is -0.481 e. The number of hydrogen-bond acceptors (Lipinski definition) is 4. The molecule has 1 heterocycles. The topological polar surface area (TPSA) is 104 Å². The summed E-state index contributed by atoms with van der Waals surface area (Å²) in [5.41, 5.74) is 1.74. The number of nitrogens with one attached hydrogen (secondary N) is 1. The number of carbonyl (C=O) groups is 2. The lowest BCUT2D eigenvalue weighted by atomic mass is 9.68. The number of carbonyl (C=O) groups excluding carboxylic acids is 1. The van der Waals surface area contributed by atoms with Crippen molar-refractivity contribution in [3.63, 3.8) is 0 Å². The van der Waals surface area contributed by atoms with Crippen molar-refractivity contribution >= 4 is 45.1 Å². The van der Waals surface area contributed by atoms with E-state index in [0.717, 1.165) is 11.1 Å². The lowest BCUT2D eigenvalue weighted by molar-refractivity contribution is -0.148. The van der Waals surface area contributed by atoms with Crippen molar-refractivity contribution in [3.05, 3.63) is 69.7 Å². The Bertz CT molecular complexity index is 1320. The number of nitrogens with zero attached hydrogens (tertiary/aromatic N) is 1. The summed E-state index contributed by atoms with van der Waals surface area (Å²) in [4.78, 5) is 25.1. The molecule has 1 amide bonds. The summed E-state index contributed by atoms with van der Waals surface area (Å²) in [6.45, 7) is 5.59. The van der Waals surface area contributed by atoms with Crippen LogP contribution in [-0.4, -0.2) is 48.0 Å². The molecule has 4 rings (SSSR count). The number of rotatable bonds is 10. The van der Waals surface area contributed by atoms with Gasteiger partial charge in [-0.25, -0.2) is 8.42 Å². The van der Waals surface area contributed by atoms with Gasteiger partial charge in [0.2, 0.25) is 15.9 Å². The van der Waals surface area contributed by atoms with E-state index in [0.29, 0.717) is 29.3 Å². The highest BCUT2D eigenvalue weighted by Gasteiger charge is 2.47. The van der Waals surface area contributed by atoms with Crippen LogP contribution in [0.2, 0.25) is 10.0 Å². The van der Waals surface area contributed by atoms with Gasteiger partial charge < -0.3 is 10.4 Å². The van der Waals surface area contributed by atoms with Crippen LogP contribution in [0.3, 0.4) is 0 Å². The maximum absolute atomic E-state index is 13.4. The monoisotopic (exact) mass is 594 g/mol. The SMILES string of the molecule is CC(C(C)[C@@H]1NC(=O)[C@@H]([C@H](C)C(=O)O)C[C@@H]1c1cccc(Cl)c1)C(c1ccc(Cl)cc1)N(C)S(=O)(=O)C1CC1. The Morgan fingerprint density at radius 2 is 1.69 bits per heavy atom. The Hall–Kier alpha value is -2.13. The first-order valence-electron chi connectivity index (χ1n) is 13.3. The van der Waals surface area contributed by atoms with E-state index in [1.807, 2.05) is 44.2 Å². The number of aliphatic carboxylic acids is 1. The Kier molecular flexibility index (Phi) is 9.01. The van der Waals surface area contributed by atoms with Gasteiger partial charge in [-0.2, -0.15) is 4.31 Å². The molecule has 7 atom stereocenters. The molecular formula is C29H36Cl2N2O5S. The van der Waals surface area contributed by atoms with E-state index in [-0.39, 0.29) is 35.0 Å². The second kappa shape index (κ2) is 11.8. The molecule has 0 aromatic heterocycles. The van der Waals surface area contributed by atoms with Gasteiger partial charge in [0.05, 0.1) is 23.1 Å². The molecule has 0 radical (unpaired) electrons. The van der Waals surface area contributed by atoms with Gasteiger partial charge in [-0.15, -0.1) is 0 Å². The first-order chi connectivity index (χ1) is 18.3. The van der Waals surface area contributed by atoms with E-state index in [1.54, 1.807) is 32.2 Å². The predicted octanol–water partition coefficient (Wildman–Crippen LogP) is 5.74. The molecule has 2 fully saturated rings. The van der Waals surface area contributed by atoms with Gasteiger partial charge in [0.25, 0.3) is 0 Å². The lowest BCUT2D eigenvalue weighted by Crippen LogP contribution is -2.55. The molecule has 0 bridgehead atoms. The summed E-state index contributed by atoms with van der Waals surface area (Å²) >= 11 is 12.5. The molecule has 1 saturated carbocycles. The van der Waals surface area contributed by atoms with Gasteiger partial charge in [0, 0.05) is 29.1 Å². The second-order valence-corrected chi connectivity index (χ2v) is 14.3. The number of piperidine rings is 1. The van der Waals surface area contributed by atoms with Crippen molar-refractivity contribution in [2.24, 2.45) is 23.7 Å². The van der Waals surface area contributed by atoms with E-state index in [1.165, 1.54) is 4.31 Å². The molecule has 0 spiro atoms. The molecule has 10 heteroatoms. The molecule has 1 aliphatic heterocycles. The van der Waals surface area contributed by atoms with E-state index >= 15 is 0 Å². The Balaban J connectivity index is 1.73. The van der Waals surface area contributed by atoms with Gasteiger partial charge in [-0.05, 0) is 66.5 Å². The molecule has 39 heavy (non-hydrogen) atoms. The van der Waals surface area contributed by atoms with Gasteiger partial charge in [-0.3, -0.25) is 9.59 Å². The Morgan fingerprint density at radius 1 is 1.05 bits per heavy atom. The molecule has 2 N–H and O–H groups in total. The van der Waals surface area contributed by atoms with Crippen molar-refractivity contribution in [3.8, 4) is 0 Å². The lowest BCUT2D eigenvalue weighted by Gasteiger charge is -2.45. The molecule has 212 valence electrons. The van der Waals surface area contributed by atoms with Crippen molar-refractivity contribution in [1.29, 1.82) is 0 Å². The highest BCUT2D eigenvalue weighted by atomic mass is 35.5. The fourth-order valence-electron chi connectivity index (χ4n) is 5.96. The third-order valence-corrected chi connectivity index (χ3v) is 11.5. The van der Waals surface area contributed by atoms with E-state index in [2.05, 4.69) is 5.32 Å². The first-order valence-corrected chi connectivity index (χ1v) is 15.6. The largest absolute Gasteiger partial charge is 0.481 e. The molecular weight excluding hydrogens is 559 g/mol. The van der Waals surface area contributed by atoms with Gasteiger partial charge in [0.1, 0.15) is 0 Å². The van der Waals surface area contributed by atoms with Crippen LogP contribution in [0.25, 0.3) is 0 Å². The average Bonchev–Trinajstić information content (AvgIpc) is 3.75. The standard InChI is InChI=1S/C29H36Cl2N2O5S/c1-16(17(2)27(19-8-10-21(30)11-9-19)33(4)39(37,38)23-12-13-23)26-25(20-6-5-7-22(31)14-20)15-24(28(34)32-26)18(3)29(35)36/h5-11,14,16-18,23-27H,12-13,15H2,1-4H3,(H,32,34)(H,35,36)/t16?,17?,18-,24+,25+,26-,27?/m0/s1. The normalized spacial score (nSPS) is 25.0. The van der Waals surface area contributed by atoms with Crippen molar-refractivity contribution < 1.29 is 23.1 Å². The highest BCUT2D eigenvalue weighted by Crippen LogP contribution is 2.45. The third kappa shape index (κ3) is 6.29. The van der Waals surface area contributed by atoms with E-state index in [9.17, 15) is 23.1 Å². The number of halogens is 2. The van der Waals surface area contributed by atoms with E-state index < -0.39 is 33.9 Å². The van der Waals surface area contributed by atoms with Gasteiger partial charge >= 0.3 is 5.97 Å². The second-order valence-electron chi connectivity index (χ2n) is 11.1. The number of carboxylic acids is 1. The van der Waals surface area contributed by atoms with Crippen LogP contribution in [0.15, 0.2) is 48.5 Å². The number of carboxylic acid groups (broad SMARTS) is 1. The summed E-state index contributed by atoms with van der Waals surface area (Å²) in [6.07, 6.45) is 1.66. The smallest absolute Gasteiger partial charge is 0.307 e. The molecule has 2 aromatic rings. The van der Waals surface area contributed by atoms with Crippen molar-refractivity contribution in [1.82, 2.24) is 9.62 Å². The van der Waals surface area contributed by atoms with Gasteiger partial charge in [-0.1, -0.05) is 68.2 Å². The molecule has 2 aliphatic rings. The number of benzene rings is 2. The van der Waals surface area contributed by atoms with Crippen LogP contribution in [0.1, 0.15) is 63.1 Å². The van der Waals surface area contributed by atoms with Gasteiger partial charge in [0.15, 0.2) is 0 Å². The molecule has 1 saturated heterocycles. The minimum atomic E-state index is -3.51. The zero-order valence-electron chi connectivity index (χ0n) is 22.6. The summed E-state index contributed by atoms with van der Waals surface area (Å²) in [7, 11) is -1.88. The fraction of sp³-hybridized carbons (Fsp3) is 0.517. The molecule has 2 aromatic carbocycles. The quantitative estimate of drug-likeness (QED) is 0.365. The summed E-state index contributed by atoms with van der Waals surface area (Å²) < 4.78 is 28.3. The van der Waals surface area contributed by atoms with Crippen LogP contribution in [0, 0.1) is 23.7 Å². The Morgan fingerprint density at radius 3 is 2.26 bits per heavy atom. The Labute approximate surface area is 240 Å². The molecule has 1 aliphatic carbocycles. The van der Waals surface area contributed by atoms with Crippen LogP contribution in [0.5, 0.6) is 0 Å². The maximum atomic E-state index is 13.4. The van der Waals surface area contributed by atoms with E-state index in [4.69, 9.17) is 23.2 Å². The third-order valence-electron chi connectivity index (χ3n) is 8.70. The summed E-state index contributed by atoms with van der Waals surface area (Å²) in [5.74, 6) is -3.47. The number of sulfonamides is 1. The number of amides is 1. The fourth-order valence-corrected chi connectivity index (χ4v) is 8.12. The van der Waals surface area contributed by atoms with Crippen LogP contribution in [0.4, 0.5) is 0 Å². The first kappa shape index (κ1) is 29.8. The predicted molar refractivity (Wildman–Crippen MR) is 153 cm³/mol. The van der Waals surface area contributed by atoms with Crippen LogP contribution < -0.4 is 5.32 Å². The molecule has 3 unspecified atom stereocenters. The minimum absolute atomic E-state index is 0.184. The average molecular weight is 596 g/mol. The van der Waals surface area contributed by atoms with Crippen molar-refractivity contribution in [2.45, 2.75) is 63.3 Å². The number of hydrogen-bond donors (Lipinski definition) is 2. The summed E-state index contributed by atoms with van der Waals surface area (Å²) in [5, 5.41) is 13.5. The zero-order chi connectivity index (χ0) is 28.6. The van der Waals surface area contributed by atoms with Crippen LogP contribution in [-0.2, 0) is 19.6 Å². The zero-order valence-corrected chi connectivity index (χ0v) is 24.9. The maximum Gasteiger partial charge on any atom is 0.307 e. The summed E-state index contributed by atoms with van der Waals surface area (Å²) in [6, 6.07) is 13.8.